The summed E-state index contributed by atoms with van der Waals surface area (Å²) in [5, 5.41) is 3.20. The van der Waals surface area contributed by atoms with E-state index in [2.05, 4.69) is 31.2 Å². The van der Waals surface area contributed by atoms with Gasteiger partial charge >= 0.3 is 0 Å². The maximum absolute atomic E-state index is 5.84. The lowest BCUT2D eigenvalue weighted by Crippen LogP contribution is -2.47. The number of rotatable bonds is 3. The van der Waals surface area contributed by atoms with E-state index in [0.29, 0.717) is 5.95 Å². The quantitative estimate of drug-likeness (QED) is 0.934. The summed E-state index contributed by atoms with van der Waals surface area (Å²) in [4.78, 5) is 14.7. The lowest BCUT2D eigenvalue weighted by molar-refractivity contribution is 0.248. The van der Waals surface area contributed by atoms with Crippen molar-refractivity contribution in [2.24, 2.45) is 5.92 Å². The summed E-state index contributed by atoms with van der Waals surface area (Å²) in [6.45, 7) is 5.62. The lowest BCUT2D eigenvalue weighted by Gasteiger charge is -2.35. The van der Waals surface area contributed by atoms with Crippen molar-refractivity contribution in [1.82, 2.24) is 14.9 Å². The van der Waals surface area contributed by atoms with E-state index in [1.165, 1.54) is 19.4 Å². The Morgan fingerprint density at radius 3 is 2.75 bits per heavy atom. The van der Waals surface area contributed by atoms with Crippen molar-refractivity contribution in [3.63, 3.8) is 0 Å². The van der Waals surface area contributed by atoms with Crippen LogP contribution in [0, 0.1) is 5.92 Å². The molecule has 2 aromatic rings. The second-order valence-corrected chi connectivity index (χ2v) is 6.67. The van der Waals surface area contributed by atoms with Crippen LogP contribution in [0.3, 0.4) is 0 Å². The van der Waals surface area contributed by atoms with Crippen LogP contribution in [0.15, 0.2) is 11.4 Å². The molecule has 3 heterocycles. The highest BCUT2D eigenvalue weighted by atomic mass is 32.1. The SMILES string of the molecule is Nc1nc(N2CCN(CC3CC3)CC2)c2ccsc2n1. The van der Waals surface area contributed by atoms with Gasteiger partial charge in [-0.05, 0) is 30.2 Å². The fourth-order valence-corrected chi connectivity index (χ4v) is 3.67. The molecule has 0 spiro atoms. The van der Waals surface area contributed by atoms with Crippen LogP contribution in [-0.4, -0.2) is 47.6 Å². The zero-order valence-electron chi connectivity index (χ0n) is 11.5. The Bertz CT molecular complexity index is 613. The molecule has 0 bridgehead atoms. The van der Waals surface area contributed by atoms with Crippen LogP contribution in [0.25, 0.3) is 10.2 Å². The first-order valence-electron chi connectivity index (χ1n) is 7.27. The fraction of sp³-hybridized carbons (Fsp3) is 0.571. The minimum atomic E-state index is 0.385. The number of hydrogen-bond acceptors (Lipinski definition) is 6. The van der Waals surface area contributed by atoms with Crippen molar-refractivity contribution in [2.45, 2.75) is 12.8 Å². The average molecular weight is 289 g/mol. The molecule has 2 aromatic heterocycles. The van der Waals surface area contributed by atoms with Crippen LogP contribution in [-0.2, 0) is 0 Å². The minimum absolute atomic E-state index is 0.385. The van der Waals surface area contributed by atoms with E-state index < -0.39 is 0 Å². The second-order valence-electron chi connectivity index (χ2n) is 5.78. The molecular weight excluding hydrogens is 270 g/mol. The summed E-state index contributed by atoms with van der Waals surface area (Å²) in [6, 6.07) is 2.10. The van der Waals surface area contributed by atoms with Gasteiger partial charge in [0.05, 0.1) is 5.39 Å². The van der Waals surface area contributed by atoms with Crippen molar-refractivity contribution in [2.75, 3.05) is 43.4 Å². The normalized spacial score (nSPS) is 20.7. The molecule has 1 saturated carbocycles. The van der Waals surface area contributed by atoms with Gasteiger partial charge in [-0.1, -0.05) is 0 Å². The summed E-state index contributed by atoms with van der Waals surface area (Å²) >= 11 is 1.63. The molecule has 0 radical (unpaired) electrons. The molecular formula is C14H19N5S. The minimum Gasteiger partial charge on any atom is -0.368 e. The van der Waals surface area contributed by atoms with Crippen LogP contribution in [0.1, 0.15) is 12.8 Å². The number of thiophene rings is 1. The molecule has 0 atom stereocenters. The molecule has 1 aliphatic heterocycles. The van der Waals surface area contributed by atoms with E-state index in [1.54, 1.807) is 11.3 Å². The third-order valence-corrected chi connectivity index (χ3v) is 5.01. The van der Waals surface area contributed by atoms with E-state index >= 15 is 0 Å². The van der Waals surface area contributed by atoms with Gasteiger partial charge in [0.25, 0.3) is 0 Å². The molecule has 1 aliphatic carbocycles. The summed E-state index contributed by atoms with van der Waals surface area (Å²) in [5.74, 6) is 2.37. The van der Waals surface area contributed by atoms with E-state index in [9.17, 15) is 0 Å². The number of anilines is 2. The predicted molar refractivity (Wildman–Crippen MR) is 83.2 cm³/mol. The molecule has 20 heavy (non-hydrogen) atoms. The zero-order chi connectivity index (χ0) is 13.5. The molecule has 2 aliphatic rings. The highest BCUT2D eigenvalue weighted by Gasteiger charge is 2.27. The Kier molecular flexibility index (Phi) is 3.00. The third-order valence-electron chi connectivity index (χ3n) is 4.21. The molecule has 106 valence electrons. The Labute approximate surface area is 122 Å². The van der Waals surface area contributed by atoms with Crippen molar-refractivity contribution < 1.29 is 0 Å². The highest BCUT2D eigenvalue weighted by Crippen LogP contribution is 2.31. The van der Waals surface area contributed by atoms with Crippen molar-refractivity contribution in [3.8, 4) is 0 Å². The molecule has 2 fully saturated rings. The monoisotopic (exact) mass is 289 g/mol. The summed E-state index contributed by atoms with van der Waals surface area (Å²) in [7, 11) is 0. The first kappa shape index (κ1) is 12.3. The molecule has 1 saturated heterocycles. The van der Waals surface area contributed by atoms with Crippen molar-refractivity contribution in [3.05, 3.63) is 11.4 Å². The van der Waals surface area contributed by atoms with Gasteiger partial charge in [-0.15, -0.1) is 11.3 Å². The standard InChI is InChI=1S/C14H19N5S/c15-14-16-12(11-3-8-20-13(11)17-14)19-6-4-18(5-7-19)9-10-1-2-10/h3,8,10H,1-2,4-7,9H2,(H2,15,16,17). The van der Waals surface area contributed by atoms with Crippen LogP contribution in [0.4, 0.5) is 11.8 Å². The highest BCUT2D eigenvalue weighted by molar-refractivity contribution is 7.16. The van der Waals surface area contributed by atoms with Crippen molar-refractivity contribution in [1.29, 1.82) is 0 Å². The van der Waals surface area contributed by atoms with Gasteiger partial charge in [0.15, 0.2) is 0 Å². The molecule has 0 amide bonds. The van der Waals surface area contributed by atoms with Gasteiger partial charge in [0, 0.05) is 32.7 Å². The van der Waals surface area contributed by atoms with Gasteiger partial charge in [0.1, 0.15) is 10.6 Å². The molecule has 0 unspecified atom stereocenters. The number of piperazine rings is 1. The number of aromatic nitrogens is 2. The Hall–Kier alpha value is -1.40. The van der Waals surface area contributed by atoms with E-state index in [-0.39, 0.29) is 0 Å². The van der Waals surface area contributed by atoms with Crippen LogP contribution >= 0.6 is 11.3 Å². The summed E-state index contributed by atoms with van der Waals surface area (Å²) < 4.78 is 0. The third kappa shape index (κ3) is 2.33. The second kappa shape index (κ2) is 4.86. The maximum Gasteiger partial charge on any atom is 0.223 e. The summed E-state index contributed by atoms with van der Waals surface area (Å²) in [6.07, 6.45) is 2.86. The number of fused-ring (bicyclic) bond motifs is 1. The Balaban J connectivity index is 1.53. The Morgan fingerprint density at radius 1 is 1.20 bits per heavy atom. The molecule has 5 nitrogen and oxygen atoms in total. The van der Waals surface area contributed by atoms with E-state index in [4.69, 9.17) is 5.73 Å². The number of nitrogens with two attached hydrogens (primary N) is 1. The van der Waals surface area contributed by atoms with E-state index in [0.717, 1.165) is 48.1 Å². The topological polar surface area (TPSA) is 58.3 Å². The van der Waals surface area contributed by atoms with Gasteiger partial charge in [-0.2, -0.15) is 4.98 Å². The fourth-order valence-electron chi connectivity index (χ4n) is 2.90. The van der Waals surface area contributed by atoms with Crippen LogP contribution < -0.4 is 10.6 Å². The molecule has 0 aromatic carbocycles. The number of nitrogens with zero attached hydrogens (tertiary/aromatic N) is 4. The number of nitrogen functional groups attached to an aromatic ring is 1. The van der Waals surface area contributed by atoms with Crippen LogP contribution in [0.5, 0.6) is 0 Å². The molecule has 6 heteroatoms. The first-order chi connectivity index (χ1) is 9.79. The van der Waals surface area contributed by atoms with Gasteiger partial charge in [-0.3, -0.25) is 4.90 Å². The maximum atomic E-state index is 5.84. The smallest absolute Gasteiger partial charge is 0.223 e. The summed E-state index contributed by atoms with van der Waals surface area (Å²) in [5.41, 5.74) is 5.84. The van der Waals surface area contributed by atoms with Crippen molar-refractivity contribution >= 4 is 33.3 Å². The largest absolute Gasteiger partial charge is 0.368 e. The van der Waals surface area contributed by atoms with Gasteiger partial charge in [0.2, 0.25) is 5.95 Å². The van der Waals surface area contributed by atoms with E-state index in [1.807, 2.05) is 0 Å². The average Bonchev–Trinajstić information content (AvgIpc) is 3.14. The first-order valence-corrected chi connectivity index (χ1v) is 8.15. The predicted octanol–water partition coefficient (Wildman–Crippen LogP) is 1.81. The Morgan fingerprint density at radius 2 is 2.00 bits per heavy atom. The zero-order valence-corrected chi connectivity index (χ0v) is 12.3. The van der Waals surface area contributed by atoms with Crippen LogP contribution in [0.2, 0.25) is 0 Å². The molecule has 4 rings (SSSR count). The number of hydrogen-bond donors (Lipinski definition) is 1. The van der Waals surface area contributed by atoms with Gasteiger partial charge in [-0.25, -0.2) is 4.98 Å². The molecule has 2 N–H and O–H groups in total. The van der Waals surface area contributed by atoms with Gasteiger partial charge < -0.3 is 10.6 Å². The lowest BCUT2D eigenvalue weighted by atomic mass is 10.2.